The molecule has 1 rings (SSSR count). The highest BCUT2D eigenvalue weighted by Gasteiger charge is 2.26. The molecule has 0 unspecified atom stereocenters. The molecule has 0 saturated heterocycles. The first-order valence-electron chi connectivity index (χ1n) is 3.95. The fourth-order valence-electron chi connectivity index (χ4n) is 0.940. The summed E-state index contributed by atoms with van der Waals surface area (Å²) in [6.45, 7) is 0. The number of Topliss-reactive ketones (excluding diaryl/α,β-unsaturated/α-hetero) is 1. The van der Waals surface area contributed by atoms with Crippen molar-refractivity contribution in [1.29, 1.82) is 0 Å². The van der Waals surface area contributed by atoms with Gasteiger partial charge in [0.25, 0.3) is 0 Å². The second-order valence-electron chi connectivity index (χ2n) is 3.02. The summed E-state index contributed by atoms with van der Waals surface area (Å²) in [7, 11) is -3.36. The molecule has 0 N–H and O–H groups in total. The molecule has 0 bridgehead atoms. The van der Waals surface area contributed by atoms with E-state index >= 15 is 0 Å². The maximum atomic E-state index is 11.7. The van der Waals surface area contributed by atoms with Crippen molar-refractivity contribution >= 4 is 49.8 Å². The van der Waals surface area contributed by atoms with Gasteiger partial charge in [0, 0.05) is 16.8 Å². The second-order valence-corrected chi connectivity index (χ2v) is 7.67. The molecule has 0 spiro atoms. The SMILES string of the molecule is CS(=O)(=O)[C@@H](I)C(=O)c1ccc(Cl)cc1. The van der Waals surface area contributed by atoms with Crippen molar-refractivity contribution < 1.29 is 13.2 Å². The Kier molecular flexibility index (Phi) is 4.13. The van der Waals surface area contributed by atoms with E-state index in [4.69, 9.17) is 11.6 Å². The zero-order valence-corrected chi connectivity index (χ0v) is 11.5. The number of carbonyl (C=O) groups is 1. The van der Waals surface area contributed by atoms with Crippen molar-refractivity contribution in [3.8, 4) is 0 Å². The van der Waals surface area contributed by atoms with Crippen LogP contribution < -0.4 is 0 Å². The van der Waals surface area contributed by atoms with Crippen LogP contribution in [0.25, 0.3) is 0 Å². The molecule has 0 aliphatic rings. The highest BCUT2D eigenvalue weighted by Crippen LogP contribution is 2.17. The zero-order valence-electron chi connectivity index (χ0n) is 7.78. The van der Waals surface area contributed by atoms with Gasteiger partial charge in [-0.15, -0.1) is 0 Å². The molecule has 0 fully saturated rings. The Balaban J connectivity index is 3.01. The average molecular weight is 359 g/mol. The van der Waals surface area contributed by atoms with Crippen LogP contribution in [-0.2, 0) is 9.84 Å². The third-order valence-corrected chi connectivity index (χ3v) is 6.27. The minimum absolute atomic E-state index is 0.351. The first-order valence-corrected chi connectivity index (χ1v) is 7.53. The molecule has 82 valence electrons. The topological polar surface area (TPSA) is 51.2 Å². The van der Waals surface area contributed by atoms with Crippen LogP contribution in [-0.4, -0.2) is 23.7 Å². The molecule has 0 heterocycles. The van der Waals surface area contributed by atoms with E-state index in [-0.39, 0.29) is 0 Å². The van der Waals surface area contributed by atoms with Gasteiger partial charge < -0.3 is 0 Å². The highest BCUT2D eigenvalue weighted by molar-refractivity contribution is 14.1. The van der Waals surface area contributed by atoms with Crippen LogP contribution in [0.1, 0.15) is 10.4 Å². The van der Waals surface area contributed by atoms with Crippen LogP contribution in [0, 0.1) is 0 Å². The zero-order chi connectivity index (χ0) is 11.6. The number of rotatable bonds is 3. The monoisotopic (exact) mass is 358 g/mol. The van der Waals surface area contributed by atoms with E-state index in [9.17, 15) is 13.2 Å². The van der Waals surface area contributed by atoms with E-state index in [0.717, 1.165) is 6.26 Å². The fraction of sp³-hybridized carbons (Fsp3) is 0.222. The summed E-state index contributed by atoms with van der Waals surface area (Å²) >= 11 is 7.27. The van der Waals surface area contributed by atoms with Crippen molar-refractivity contribution in [3.05, 3.63) is 34.9 Å². The van der Waals surface area contributed by atoms with Gasteiger partial charge in [-0.25, -0.2) is 8.42 Å². The lowest BCUT2D eigenvalue weighted by Gasteiger charge is -2.06. The molecule has 0 amide bonds. The predicted molar refractivity (Wildman–Crippen MR) is 68.4 cm³/mol. The molecule has 0 aliphatic carbocycles. The summed E-state index contributed by atoms with van der Waals surface area (Å²) in [5.74, 6) is -0.422. The number of hydrogen-bond donors (Lipinski definition) is 0. The molecule has 0 radical (unpaired) electrons. The van der Waals surface area contributed by atoms with Crippen LogP contribution in [0.2, 0.25) is 5.02 Å². The first kappa shape index (κ1) is 12.9. The fourth-order valence-corrected chi connectivity index (χ4v) is 1.95. The Morgan fingerprint density at radius 3 is 2.20 bits per heavy atom. The predicted octanol–water partition coefficient (Wildman–Crippen LogP) is 2.33. The van der Waals surface area contributed by atoms with Crippen molar-refractivity contribution in [3.63, 3.8) is 0 Å². The van der Waals surface area contributed by atoms with Gasteiger partial charge in [-0.05, 0) is 24.3 Å². The van der Waals surface area contributed by atoms with Gasteiger partial charge in [0.1, 0.15) is 0 Å². The number of sulfone groups is 1. The molecule has 0 saturated carbocycles. The highest BCUT2D eigenvalue weighted by atomic mass is 127. The van der Waals surface area contributed by atoms with Gasteiger partial charge in [0.2, 0.25) is 0 Å². The number of halogens is 2. The Bertz CT molecular complexity index is 467. The van der Waals surface area contributed by atoms with Crippen LogP contribution in [0.4, 0.5) is 0 Å². The number of alkyl halides is 1. The molecular formula is C9H8ClIO3S. The Morgan fingerprint density at radius 2 is 1.80 bits per heavy atom. The number of ketones is 1. The summed E-state index contributed by atoms with van der Waals surface area (Å²) in [5.41, 5.74) is 0.351. The maximum Gasteiger partial charge on any atom is 0.190 e. The van der Waals surface area contributed by atoms with E-state index in [1.807, 2.05) is 0 Å². The number of hydrogen-bond acceptors (Lipinski definition) is 3. The van der Waals surface area contributed by atoms with Gasteiger partial charge in [0.05, 0.1) is 0 Å². The van der Waals surface area contributed by atoms with E-state index in [1.54, 1.807) is 34.7 Å². The minimum Gasteiger partial charge on any atom is -0.292 e. The molecule has 1 atom stereocenters. The standard InChI is InChI=1S/C9H8ClIO3S/c1-15(13,14)9(11)8(12)6-2-4-7(10)5-3-6/h2-5,9H,1H3/t9-/m1/s1. The smallest absolute Gasteiger partial charge is 0.190 e. The van der Waals surface area contributed by atoms with E-state index in [0.29, 0.717) is 10.6 Å². The third-order valence-electron chi connectivity index (χ3n) is 1.71. The lowest BCUT2D eigenvalue weighted by atomic mass is 10.1. The Labute approximate surface area is 107 Å². The van der Waals surface area contributed by atoms with E-state index in [2.05, 4.69) is 0 Å². The minimum atomic E-state index is -3.36. The van der Waals surface area contributed by atoms with Gasteiger partial charge in [0.15, 0.2) is 18.9 Å². The van der Waals surface area contributed by atoms with E-state index in [1.165, 1.54) is 12.1 Å². The van der Waals surface area contributed by atoms with Gasteiger partial charge >= 0.3 is 0 Å². The maximum absolute atomic E-state index is 11.7. The van der Waals surface area contributed by atoms with Crippen LogP contribution in [0.5, 0.6) is 0 Å². The largest absolute Gasteiger partial charge is 0.292 e. The molecule has 6 heteroatoms. The Hall–Kier alpha value is -0.140. The quantitative estimate of drug-likeness (QED) is 0.473. The molecule has 1 aromatic carbocycles. The van der Waals surface area contributed by atoms with Crippen LogP contribution >= 0.6 is 34.2 Å². The summed E-state index contributed by atoms with van der Waals surface area (Å²) < 4.78 is 21.3. The Morgan fingerprint density at radius 1 is 1.33 bits per heavy atom. The molecule has 15 heavy (non-hydrogen) atoms. The second kappa shape index (κ2) is 4.80. The summed E-state index contributed by atoms with van der Waals surface area (Å²) in [4.78, 5) is 11.7. The third kappa shape index (κ3) is 3.42. The number of benzene rings is 1. The lowest BCUT2D eigenvalue weighted by molar-refractivity contribution is 0.101. The normalized spacial score (nSPS) is 13.5. The lowest BCUT2D eigenvalue weighted by Crippen LogP contribution is -2.23. The summed E-state index contributed by atoms with van der Waals surface area (Å²) in [5, 5.41) is 0.510. The molecule has 0 aromatic heterocycles. The van der Waals surface area contributed by atoms with Crippen molar-refractivity contribution in [2.75, 3.05) is 6.26 Å². The van der Waals surface area contributed by atoms with Crippen molar-refractivity contribution in [2.24, 2.45) is 0 Å². The van der Waals surface area contributed by atoms with Gasteiger partial charge in [-0.1, -0.05) is 34.2 Å². The van der Waals surface area contributed by atoms with Crippen molar-refractivity contribution in [1.82, 2.24) is 0 Å². The van der Waals surface area contributed by atoms with Crippen LogP contribution in [0.15, 0.2) is 24.3 Å². The summed E-state index contributed by atoms with van der Waals surface area (Å²) in [6.07, 6.45) is 1.04. The molecule has 3 nitrogen and oxygen atoms in total. The van der Waals surface area contributed by atoms with Gasteiger partial charge in [-0.2, -0.15) is 0 Å². The molecular weight excluding hydrogens is 351 g/mol. The number of carbonyl (C=O) groups excluding carboxylic acids is 1. The van der Waals surface area contributed by atoms with Crippen molar-refractivity contribution in [2.45, 2.75) is 3.26 Å². The molecule has 0 aliphatic heterocycles. The summed E-state index contributed by atoms with van der Waals surface area (Å²) in [6, 6.07) is 6.14. The van der Waals surface area contributed by atoms with Crippen LogP contribution in [0.3, 0.4) is 0 Å². The van der Waals surface area contributed by atoms with Gasteiger partial charge in [-0.3, -0.25) is 4.79 Å². The first-order chi connectivity index (χ1) is 6.82. The average Bonchev–Trinajstić information content (AvgIpc) is 2.15. The van der Waals surface area contributed by atoms with E-state index < -0.39 is 18.9 Å². The molecule has 1 aromatic rings.